The molecule has 112 valence electrons. The summed E-state index contributed by atoms with van der Waals surface area (Å²) in [4.78, 5) is 27.7. The Morgan fingerprint density at radius 3 is 2.52 bits per heavy atom. The lowest BCUT2D eigenvalue weighted by molar-refractivity contribution is -0.125. The second-order valence-electron chi connectivity index (χ2n) is 5.67. The molecule has 2 aliphatic rings. The summed E-state index contributed by atoms with van der Waals surface area (Å²) < 4.78 is 0. The third kappa shape index (κ3) is 3.23. The molecule has 2 fully saturated rings. The first-order valence-corrected chi connectivity index (χ1v) is 8.67. The molecule has 0 radical (unpaired) electrons. The summed E-state index contributed by atoms with van der Waals surface area (Å²) in [5.41, 5.74) is 0.666. The molecule has 1 N–H and O–H groups in total. The largest absolute Gasteiger partial charge is 0.352 e. The van der Waals surface area contributed by atoms with Gasteiger partial charge in [-0.2, -0.15) is 0 Å². The van der Waals surface area contributed by atoms with Crippen LogP contribution in [0.4, 0.5) is 0 Å². The van der Waals surface area contributed by atoms with E-state index in [1.807, 2.05) is 30.5 Å². The third-order valence-electron chi connectivity index (χ3n) is 4.08. The van der Waals surface area contributed by atoms with E-state index >= 15 is 0 Å². The van der Waals surface area contributed by atoms with Crippen LogP contribution >= 0.6 is 11.8 Å². The van der Waals surface area contributed by atoms with Crippen molar-refractivity contribution in [2.45, 2.75) is 42.7 Å². The van der Waals surface area contributed by atoms with Gasteiger partial charge < -0.3 is 10.2 Å². The number of thioether (sulfide) groups is 1. The quantitative estimate of drug-likeness (QED) is 0.868. The van der Waals surface area contributed by atoms with Gasteiger partial charge >= 0.3 is 0 Å². The maximum absolute atomic E-state index is 12.6. The van der Waals surface area contributed by atoms with Crippen molar-refractivity contribution in [1.82, 2.24) is 10.2 Å². The lowest BCUT2D eigenvalue weighted by atomic mass is 10.1. The molecular weight excluding hydrogens is 284 g/mol. The van der Waals surface area contributed by atoms with Crippen molar-refractivity contribution in [3.63, 3.8) is 0 Å². The topological polar surface area (TPSA) is 49.4 Å². The van der Waals surface area contributed by atoms with Gasteiger partial charge in [0.25, 0.3) is 5.91 Å². The minimum Gasteiger partial charge on any atom is -0.352 e. The molecule has 1 aromatic carbocycles. The number of carbonyl (C=O) groups is 2. The first-order valence-electron chi connectivity index (χ1n) is 7.44. The first-order chi connectivity index (χ1) is 10.2. The summed E-state index contributed by atoms with van der Waals surface area (Å²) >= 11 is 1.65. The minimum absolute atomic E-state index is 0.0177. The zero-order valence-corrected chi connectivity index (χ0v) is 13.0. The SMILES string of the molecule is CSc1ccc(C(=O)N2CCCC2C(=O)NC2CC2)cc1. The number of carbonyl (C=O) groups excluding carboxylic acids is 2. The van der Waals surface area contributed by atoms with E-state index in [9.17, 15) is 9.59 Å². The van der Waals surface area contributed by atoms with Crippen LogP contribution in [0.2, 0.25) is 0 Å². The standard InChI is InChI=1S/C16H20N2O2S/c1-21-13-8-4-11(5-9-13)16(20)18-10-2-3-14(18)15(19)17-12-6-7-12/h4-5,8-9,12,14H,2-3,6-7,10H2,1H3,(H,17,19). The number of benzene rings is 1. The molecule has 1 saturated heterocycles. The average Bonchev–Trinajstić information content (AvgIpc) is 3.18. The van der Waals surface area contributed by atoms with Gasteiger partial charge in [0.2, 0.25) is 5.91 Å². The molecule has 21 heavy (non-hydrogen) atoms. The molecule has 0 aromatic heterocycles. The molecule has 1 atom stereocenters. The van der Waals surface area contributed by atoms with E-state index in [2.05, 4.69) is 5.32 Å². The molecule has 4 nitrogen and oxygen atoms in total. The van der Waals surface area contributed by atoms with E-state index in [0.717, 1.165) is 30.6 Å². The maximum Gasteiger partial charge on any atom is 0.254 e. The molecule has 0 spiro atoms. The summed E-state index contributed by atoms with van der Waals surface area (Å²) in [5, 5.41) is 3.01. The highest BCUT2D eigenvalue weighted by Gasteiger charge is 2.36. The minimum atomic E-state index is -0.293. The van der Waals surface area contributed by atoms with Gasteiger partial charge in [-0.3, -0.25) is 9.59 Å². The molecule has 3 rings (SSSR count). The zero-order chi connectivity index (χ0) is 14.8. The number of amides is 2. The van der Waals surface area contributed by atoms with Crippen LogP contribution in [-0.2, 0) is 4.79 Å². The highest BCUT2D eigenvalue weighted by molar-refractivity contribution is 7.98. The first kappa shape index (κ1) is 14.4. The fraction of sp³-hybridized carbons (Fsp3) is 0.500. The highest BCUT2D eigenvalue weighted by atomic mass is 32.2. The Bertz CT molecular complexity index is 540. The molecular formula is C16H20N2O2S. The Morgan fingerprint density at radius 1 is 1.19 bits per heavy atom. The summed E-state index contributed by atoms with van der Waals surface area (Å²) in [6, 6.07) is 7.65. The molecule has 1 unspecified atom stereocenters. The van der Waals surface area contributed by atoms with Crippen LogP contribution < -0.4 is 5.32 Å². The Morgan fingerprint density at radius 2 is 1.90 bits per heavy atom. The van der Waals surface area contributed by atoms with E-state index in [1.165, 1.54) is 0 Å². The zero-order valence-electron chi connectivity index (χ0n) is 12.2. The lowest BCUT2D eigenvalue weighted by Gasteiger charge is -2.24. The predicted molar refractivity (Wildman–Crippen MR) is 83.4 cm³/mol. The van der Waals surface area contributed by atoms with Gasteiger partial charge in [-0.05, 0) is 56.2 Å². The summed E-state index contributed by atoms with van der Waals surface area (Å²) in [6.45, 7) is 0.672. The van der Waals surface area contributed by atoms with Gasteiger partial charge in [-0.1, -0.05) is 0 Å². The van der Waals surface area contributed by atoms with Crippen molar-refractivity contribution in [1.29, 1.82) is 0 Å². The van der Waals surface area contributed by atoms with Crippen molar-refractivity contribution in [3.05, 3.63) is 29.8 Å². The number of nitrogens with zero attached hydrogens (tertiary/aromatic N) is 1. The van der Waals surface area contributed by atoms with Crippen molar-refractivity contribution >= 4 is 23.6 Å². The van der Waals surface area contributed by atoms with Crippen molar-refractivity contribution in [2.75, 3.05) is 12.8 Å². The Kier molecular flexibility index (Phi) is 4.19. The van der Waals surface area contributed by atoms with Crippen LogP contribution in [0.15, 0.2) is 29.2 Å². The number of nitrogens with one attached hydrogen (secondary N) is 1. The van der Waals surface area contributed by atoms with E-state index in [-0.39, 0.29) is 17.9 Å². The molecule has 5 heteroatoms. The fourth-order valence-electron chi connectivity index (χ4n) is 2.71. The van der Waals surface area contributed by atoms with Crippen molar-refractivity contribution in [2.24, 2.45) is 0 Å². The van der Waals surface area contributed by atoms with Crippen LogP contribution in [0.5, 0.6) is 0 Å². The molecule has 2 amide bonds. The van der Waals surface area contributed by atoms with Crippen LogP contribution in [-0.4, -0.2) is 41.6 Å². The second-order valence-corrected chi connectivity index (χ2v) is 6.55. The molecule has 1 heterocycles. The fourth-order valence-corrected chi connectivity index (χ4v) is 3.12. The van der Waals surface area contributed by atoms with E-state index < -0.39 is 0 Å². The van der Waals surface area contributed by atoms with Crippen LogP contribution in [0.3, 0.4) is 0 Å². The van der Waals surface area contributed by atoms with Gasteiger partial charge in [0.05, 0.1) is 0 Å². The molecule has 1 saturated carbocycles. The molecule has 0 bridgehead atoms. The maximum atomic E-state index is 12.6. The van der Waals surface area contributed by atoms with Crippen LogP contribution in [0, 0.1) is 0 Å². The van der Waals surface area contributed by atoms with E-state index in [0.29, 0.717) is 18.2 Å². The molecule has 1 aromatic rings. The van der Waals surface area contributed by atoms with Gasteiger partial charge in [0, 0.05) is 23.0 Å². The van der Waals surface area contributed by atoms with Crippen LogP contribution in [0.1, 0.15) is 36.0 Å². The number of hydrogen-bond acceptors (Lipinski definition) is 3. The second kappa shape index (κ2) is 6.10. The molecule has 1 aliphatic heterocycles. The number of rotatable bonds is 4. The van der Waals surface area contributed by atoms with Gasteiger partial charge in [-0.15, -0.1) is 11.8 Å². The smallest absolute Gasteiger partial charge is 0.254 e. The predicted octanol–water partition coefficient (Wildman–Crippen LogP) is 2.29. The number of likely N-dealkylation sites (tertiary alicyclic amines) is 1. The normalized spacial score (nSPS) is 21.4. The Hall–Kier alpha value is -1.49. The third-order valence-corrected chi connectivity index (χ3v) is 4.82. The number of hydrogen-bond donors (Lipinski definition) is 1. The van der Waals surface area contributed by atoms with E-state index in [1.54, 1.807) is 16.7 Å². The summed E-state index contributed by atoms with van der Waals surface area (Å²) in [7, 11) is 0. The van der Waals surface area contributed by atoms with E-state index in [4.69, 9.17) is 0 Å². The monoisotopic (exact) mass is 304 g/mol. The molecule has 1 aliphatic carbocycles. The highest BCUT2D eigenvalue weighted by Crippen LogP contribution is 2.24. The van der Waals surface area contributed by atoms with Gasteiger partial charge in [0.1, 0.15) is 6.04 Å². The Labute approximate surface area is 129 Å². The lowest BCUT2D eigenvalue weighted by Crippen LogP contribution is -2.46. The van der Waals surface area contributed by atoms with Gasteiger partial charge in [0.15, 0.2) is 0 Å². The Balaban J connectivity index is 1.70. The van der Waals surface area contributed by atoms with Gasteiger partial charge in [-0.25, -0.2) is 0 Å². The summed E-state index contributed by atoms with van der Waals surface area (Å²) in [6.07, 6.45) is 5.82. The van der Waals surface area contributed by atoms with Crippen molar-refractivity contribution < 1.29 is 9.59 Å². The average molecular weight is 304 g/mol. The summed E-state index contributed by atoms with van der Waals surface area (Å²) in [5.74, 6) is -0.0137. The van der Waals surface area contributed by atoms with Crippen LogP contribution in [0.25, 0.3) is 0 Å². The van der Waals surface area contributed by atoms with Crippen molar-refractivity contribution in [3.8, 4) is 0 Å².